The molecular formula is C23H25ClN2O2. The maximum absolute atomic E-state index is 12.5. The number of amides is 1. The molecule has 0 aliphatic heterocycles. The first-order valence-electron chi connectivity index (χ1n) is 9.88. The van der Waals surface area contributed by atoms with E-state index >= 15 is 0 Å². The Kier molecular flexibility index (Phi) is 5.40. The van der Waals surface area contributed by atoms with Gasteiger partial charge in [-0.1, -0.05) is 61.7 Å². The van der Waals surface area contributed by atoms with Crippen LogP contribution in [-0.2, 0) is 11.4 Å². The summed E-state index contributed by atoms with van der Waals surface area (Å²) in [4.78, 5) is 12.5. The second-order valence-electron chi connectivity index (χ2n) is 7.99. The van der Waals surface area contributed by atoms with Crippen LogP contribution in [0, 0.1) is 17.3 Å². The van der Waals surface area contributed by atoms with Crippen molar-refractivity contribution < 1.29 is 9.53 Å². The predicted molar refractivity (Wildman–Crippen MR) is 112 cm³/mol. The zero-order chi connectivity index (χ0) is 19.6. The zero-order valence-electron chi connectivity index (χ0n) is 16.0. The van der Waals surface area contributed by atoms with Crippen molar-refractivity contribution in [2.45, 2.75) is 39.2 Å². The first-order valence-corrected chi connectivity index (χ1v) is 10.3. The topological polar surface area (TPSA) is 50.7 Å². The molecule has 2 aliphatic carbocycles. The molecule has 0 aromatic heterocycles. The summed E-state index contributed by atoms with van der Waals surface area (Å²) in [5.41, 5.74) is 4.67. The van der Waals surface area contributed by atoms with Crippen molar-refractivity contribution in [2.24, 2.45) is 22.4 Å². The number of hydrazone groups is 1. The third-order valence-corrected chi connectivity index (χ3v) is 6.62. The van der Waals surface area contributed by atoms with E-state index in [9.17, 15) is 4.79 Å². The minimum Gasteiger partial charge on any atom is -0.488 e. The van der Waals surface area contributed by atoms with Gasteiger partial charge in [0.05, 0.1) is 6.21 Å². The molecular weight excluding hydrogens is 372 g/mol. The van der Waals surface area contributed by atoms with Crippen LogP contribution in [0.3, 0.4) is 0 Å². The third kappa shape index (κ3) is 3.79. The summed E-state index contributed by atoms with van der Waals surface area (Å²) in [6.45, 7) is 2.61. The minimum atomic E-state index is 0.0418. The Hall–Kier alpha value is -2.33. The molecule has 0 radical (unpaired) electrons. The van der Waals surface area contributed by atoms with Crippen LogP contribution in [0.1, 0.15) is 43.7 Å². The number of halogens is 1. The Balaban J connectivity index is 1.37. The highest BCUT2D eigenvalue weighted by molar-refractivity contribution is 6.31. The quantitative estimate of drug-likeness (QED) is 0.539. The molecule has 2 saturated carbocycles. The normalized spacial score (nSPS) is 25.9. The van der Waals surface area contributed by atoms with E-state index in [0.717, 1.165) is 24.0 Å². The molecule has 146 valence electrons. The van der Waals surface area contributed by atoms with Crippen LogP contribution in [0.2, 0.25) is 5.02 Å². The van der Waals surface area contributed by atoms with E-state index in [-0.39, 0.29) is 17.2 Å². The van der Waals surface area contributed by atoms with E-state index in [1.54, 1.807) is 6.21 Å². The number of nitrogens with one attached hydrogen (secondary N) is 1. The van der Waals surface area contributed by atoms with Crippen molar-refractivity contribution in [3.8, 4) is 5.75 Å². The van der Waals surface area contributed by atoms with E-state index < -0.39 is 0 Å². The molecule has 28 heavy (non-hydrogen) atoms. The number of carbonyl (C=O) groups is 1. The van der Waals surface area contributed by atoms with Gasteiger partial charge in [0.25, 0.3) is 0 Å². The van der Waals surface area contributed by atoms with Crippen LogP contribution >= 0.6 is 11.6 Å². The fourth-order valence-corrected chi connectivity index (χ4v) is 4.77. The van der Waals surface area contributed by atoms with E-state index in [0.29, 0.717) is 23.3 Å². The molecule has 0 saturated heterocycles. The Labute approximate surface area is 170 Å². The largest absolute Gasteiger partial charge is 0.488 e. The Morgan fingerprint density at radius 2 is 2.04 bits per heavy atom. The maximum atomic E-state index is 12.5. The fraction of sp³-hybridized carbons (Fsp3) is 0.391. The molecule has 4 nitrogen and oxygen atoms in total. The Morgan fingerprint density at radius 1 is 1.25 bits per heavy atom. The van der Waals surface area contributed by atoms with Crippen LogP contribution in [0.15, 0.2) is 53.6 Å². The van der Waals surface area contributed by atoms with Crippen LogP contribution in [-0.4, -0.2) is 12.1 Å². The van der Waals surface area contributed by atoms with Gasteiger partial charge in [0, 0.05) is 22.1 Å². The highest BCUT2D eigenvalue weighted by Gasteiger charge is 2.64. The minimum absolute atomic E-state index is 0.0418. The highest BCUT2D eigenvalue weighted by Crippen LogP contribution is 2.66. The predicted octanol–water partition coefficient (Wildman–Crippen LogP) is 5.20. The van der Waals surface area contributed by atoms with Gasteiger partial charge >= 0.3 is 0 Å². The van der Waals surface area contributed by atoms with Crippen molar-refractivity contribution in [3.05, 3.63) is 64.7 Å². The SMILES string of the molecule is C[C@]12CCCC[C@H]1[C@@H]2C(=O)N/N=C\c1ccccc1OCc1ccccc1Cl. The molecule has 1 amide bonds. The van der Waals surface area contributed by atoms with Crippen molar-refractivity contribution in [2.75, 3.05) is 0 Å². The van der Waals surface area contributed by atoms with E-state index in [1.807, 2.05) is 48.5 Å². The van der Waals surface area contributed by atoms with Crippen LogP contribution in [0.5, 0.6) is 5.75 Å². The van der Waals surface area contributed by atoms with Crippen LogP contribution in [0.25, 0.3) is 0 Å². The summed E-state index contributed by atoms with van der Waals surface area (Å²) in [6, 6.07) is 15.2. The van der Waals surface area contributed by atoms with Gasteiger partial charge in [-0.3, -0.25) is 4.79 Å². The molecule has 2 aromatic carbocycles. The average molecular weight is 397 g/mol. The fourth-order valence-electron chi connectivity index (χ4n) is 4.58. The number of hydrogen-bond acceptors (Lipinski definition) is 3. The maximum Gasteiger partial charge on any atom is 0.244 e. The molecule has 5 heteroatoms. The summed E-state index contributed by atoms with van der Waals surface area (Å²) in [5.74, 6) is 1.38. The average Bonchev–Trinajstić information content (AvgIpc) is 3.34. The number of benzene rings is 2. The summed E-state index contributed by atoms with van der Waals surface area (Å²) >= 11 is 6.19. The Morgan fingerprint density at radius 3 is 2.82 bits per heavy atom. The lowest BCUT2D eigenvalue weighted by Gasteiger charge is -2.15. The Bertz CT molecular complexity index is 898. The summed E-state index contributed by atoms with van der Waals surface area (Å²) in [6.07, 6.45) is 6.43. The van der Waals surface area contributed by atoms with Gasteiger partial charge in [-0.05, 0) is 42.4 Å². The number of carbonyl (C=O) groups excluding carboxylic acids is 1. The van der Waals surface area contributed by atoms with Gasteiger partial charge in [-0.25, -0.2) is 5.43 Å². The van der Waals surface area contributed by atoms with Gasteiger partial charge in [0.2, 0.25) is 5.91 Å². The molecule has 2 fully saturated rings. The number of hydrogen-bond donors (Lipinski definition) is 1. The molecule has 0 bridgehead atoms. The molecule has 0 spiro atoms. The van der Waals surface area contributed by atoms with Gasteiger partial charge in [-0.2, -0.15) is 5.10 Å². The second-order valence-corrected chi connectivity index (χ2v) is 8.40. The van der Waals surface area contributed by atoms with Crippen molar-refractivity contribution >= 4 is 23.7 Å². The highest BCUT2D eigenvalue weighted by atomic mass is 35.5. The molecule has 0 heterocycles. The van der Waals surface area contributed by atoms with Crippen LogP contribution in [0.4, 0.5) is 0 Å². The molecule has 0 unspecified atom stereocenters. The first kappa shape index (κ1) is 19.0. The van der Waals surface area contributed by atoms with Crippen molar-refractivity contribution in [3.63, 3.8) is 0 Å². The number of rotatable bonds is 6. The van der Waals surface area contributed by atoms with Gasteiger partial charge in [-0.15, -0.1) is 0 Å². The summed E-state index contributed by atoms with van der Waals surface area (Å²) in [7, 11) is 0. The van der Waals surface area contributed by atoms with Gasteiger partial charge in [0.15, 0.2) is 0 Å². The zero-order valence-corrected chi connectivity index (χ0v) is 16.8. The summed E-state index contributed by atoms with van der Waals surface area (Å²) < 4.78 is 5.93. The van der Waals surface area contributed by atoms with E-state index in [1.165, 1.54) is 12.8 Å². The molecule has 4 rings (SSSR count). The van der Waals surface area contributed by atoms with Gasteiger partial charge < -0.3 is 4.74 Å². The van der Waals surface area contributed by atoms with Crippen LogP contribution < -0.4 is 10.2 Å². The smallest absolute Gasteiger partial charge is 0.244 e. The molecule has 3 atom stereocenters. The standard InChI is InChI=1S/C23H25ClN2O2/c1-23-13-7-6-10-18(23)21(23)22(27)26-25-14-16-8-3-5-12-20(16)28-15-17-9-2-4-11-19(17)24/h2-5,8-9,11-12,14,18,21H,6-7,10,13,15H2,1H3,(H,26,27)/b25-14-/t18-,21+,23-/m0/s1. The van der Waals surface area contributed by atoms with Gasteiger partial charge in [0.1, 0.15) is 12.4 Å². The number of nitrogens with zero attached hydrogens (tertiary/aromatic N) is 1. The lowest BCUT2D eigenvalue weighted by atomic mass is 9.90. The monoisotopic (exact) mass is 396 g/mol. The number of fused-ring (bicyclic) bond motifs is 1. The molecule has 2 aromatic rings. The lowest BCUT2D eigenvalue weighted by Crippen LogP contribution is -2.22. The number of para-hydroxylation sites is 1. The van der Waals surface area contributed by atoms with Crippen molar-refractivity contribution in [1.82, 2.24) is 5.43 Å². The molecule has 1 N–H and O–H groups in total. The molecule has 2 aliphatic rings. The first-order chi connectivity index (χ1) is 13.6. The summed E-state index contributed by atoms with van der Waals surface area (Å²) in [5, 5.41) is 4.88. The van der Waals surface area contributed by atoms with Crippen molar-refractivity contribution in [1.29, 1.82) is 0 Å². The second kappa shape index (κ2) is 7.96. The number of ether oxygens (including phenoxy) is 1. The van der Waals surface area contributed by atoms with E-state index in [2.05, 4.69) is 17.5 Å². The third-order valence-electron chi connectivity index (χ3n) is 6.25. The van der Waals surface area contributed by atoms with E-state index in [4.69, 9.17) is 16.3 Å². The lowest BCUT2D eigenvalue weighted by molar-refractivity contribution is -0.123.